The Hall–Kier alpha value is -1.10. The van der Waals surface area contributed by atoms with Crippen molar-refractivity contribution in [1.29, 1.82) is 0 Å². The van der Waals surface area contributed by atoms with Crippen molar-refractivity contribution in [2.75, 3.05) is 6.61 Å². The molecule has 0 aromatic carbocycles. The molecule has 2 atom stereocenters. The normalized spacial score (nSPS) is 27.7. The summed E-state index contributed by atoms with van der Waals surface area (Å²) in [6.45, 7) is 1.85. The topological polar surface area (TPSA) is 76.1 Å². The molecule has 1 N–H and O–H groups in total. The molecule has 0 radical (unpaired) electrons. The van der Waals surface area contributed by atoms with E-state index in [1.165, 1.54) is 0 Å². The number of ether oxygens (including phenoxy) is 2. The Kier molecular flexibility index (Phi) is 2.09. The molecule has 0 amide bonds. The summed E-state index contributed by atoms with van der Waals surface area (Å²) in [5, 5.41) is 8.07. The van der Waals surface area contributed by atoms with Crippen LogP contribution in [0.25, 0.3) is 0 Å². The second-order valence-corrected chi connectivity index (χ2v) is 2.28. The molecule has 0 aromatic heterocycles. The van der Waals surface area contributed by atoms with E-state index in [0.29, 0.717) is 0 Å². The minimum Gasteiger partial charge on any atom is -0.473 e. The number of epoxide rings is 1. The van der Waals surface area contributed by atoms with E-state index in [1.54, 1.807) is 0 Å². The number of carbonyl (C=O) groups is 2. The van der Waals surface area contributed by atoms with E-state index in [9.17, 15) is 9.59 Å². The van der Waals surface area contributed by atoms with Gasteiger partial charge in [-0.3, -0.25) is 0 Å². The van der Waals surface area contributed by atoms with Gasteiger partial charge < -0.3 is 14.6 Å². The predicted octanol–water partition coefficient (Wildman–Crippen LogP) is -0.599. The maximum absolute atomic E-state index is 10.3. The highest BCUT2D eigenvalue weighted by molar-refractivity contribution is 6.28. The lowest BCUT2D eigenvalue weighted by atomic mass is 10.4. The smallest absolute Gasteiger partial charge is 0.417 e. The molecule has 5 nitrogen and oxygen atoms in total. The highest BCUT2D eigenvalue weighted by Gasteiger charge is 2.35. The molecule has 62 valence electrons. The van der Waals surface area contributed by atoms with Crippen LogP contribution >= 0.6 is 0 Å². The number of carboxylic acids is 1. The van der Waals surface area contributed by atoms with Gasteiger partial charge in [0, 0.05) is 0 Å². The fraction of sp³-hybridized carbons (Fsp3) is 0.667. The van der Waals surface area contributed by atoms with Gasteiger partial charge in [0.1, 0.15) is 12.7 Å². The fourth-order valence-corrected chi connectivity index (χ4v) is 0.625. The van der Waals surface area contributed by atoms with Gasteiger partial charge in [0.2, 0.25) is 0 Å². The second-order valence-electron chi connectivity index (χ2n) is 2.28. The van der Waals surface area contributed by atoms with Crippen LogP contribution in [-0.2, 0) is 19.1 Å². The Balaban J connectivity index is 2.12. The van der Waals surface area contributed by atoms with Crippen LogP contribution in [0.3, 0.4) is 0 Å². The SMILES string of the molecule is CC1OC1COC(=O)C(=O)O. The van der Waals surface area contributed by atoms with E-state index in [4.69, 9.17) is 9.84 Å². The first-order valence-electron chi connectivity index (χ1n) is 3.16. The summed E-state index contributed by atoms with van der Waals surface area (Å²) < 4.78 is 9.21. The third kappa shape index (κ3) is 2.19. The van der Waals surface area contributed by atoms with Crippen molar-refractivity contribution >= 4 is 11.9 Å². The van der Waals surface area contributed by atoms with Crippen molar-refractivity contribution in [3.63, 3.8) is 0 Å². The summed E-state index contributed by atoms with van der Waals surface area (Å²) in [6.07, 6.45) is -0.0325. The van der Waals surface area contributed by atoms with Crippen molar-refractivity contribution in [3.8, 4) is 0 Å². The number of aliphatic carboxylic acids is 1. The monoisotopic (exact) mass is 160 g/mol. The van der Waals surface area contributed by atoms with Gasteiger partial charge in [-0.25, -0.2) is 9.59 Å². The Bertz CT molecular complexity index is 187. The molecule has 11 heavy (non-hydrogen) atoms. The lowest BCUT2D eigenvalue weighted by Gasteiger charge is -1.95. The first-order chi connectivity index (χ1) is 5.11. The van der Waals surface area contributed by atoms with E-state index in [1.807, 2.05) is 6.92 Å². The molecule has 0 bridgehead atoms. The summed E-state index contributed by atoms with van der Waals surface area (Å²) in [7, 11) is 0. The molecule has 0 aliphatic carbocycles. The van der Waals surface area contributed by atoms with Crippen molar-refractivity contribution in [1.82, 2.24) is 0 Å². The third-order valence-electron chi connectivity index (χ3n) is 1.39. The molecule has 5 heteroatoms. The summed E-state index contributed by atoms with van der Waals surface area (Å²) in [6, 6.07) is 0. The van der Waals surface area contributed by atoms with Crippen molar-refractivity contribution < 1.29 is 24.2 Å². The molecule has 0 spiro atoms. The molecule has 0 saturated carbocycles. The molecule has 1 fully saturated rings. The molecule has 0 aromatic rings. The highest BCUT2D eigenvalue weighted by atomic mass is 16.6. The number of hydrogen-bond acceptors (Lipinski definition) is 4. The number of carboxylic acid groups (broad SMARTS) is 1. The number of carbonyl (C=O) groups excluding carboxylic acids is 1. The summed E-state index contributed by atoms with van der Waals surface area (Å²) in [5.41, 5.74) is 0. The lowest BCUT2D eigenvalue weighted by molar-refractivity contribution is -0.164. The van der Waals surface area contributed by atoms with Gasteiger partial charge in [0.25, 0.3) is 0 Å². The van der Waals surface area contributed by atoms with Crippen LogP contribution in [0, 0.1) is 0 Å². The second kappa shape index (κ2) is 2.87. The van der Waals surface area contributed by atoms with Gasteiger partial charge in [-0.2, -0.15) is 0 Å². The first kappa shape index (κ1) is 8.00. The van der Waals surface area contributed by atoms with Crippen LogP contribution in [0.1, 0.15) is 6.92 Å². The maximum atomic E-state index is 10.3. The van der Waals surface area contributed by atoms with Gasteiger partial charge in [0.05, 0.1) is 6.10 Å². The van der Waals surface area contributed by atoms with E-state index in [-0.39, 0.29) is 18.8 Å². The molecule has 1 heterocycles. The number of esters is 1. The highest BCUT2D eigenvalue weighted by Crippen LogP contribution is 2.20. The standard InChI is InChI=1S/C6H8O5/c1-3-4(11-3)2-10-6(9)5(7)8/h3-4H,2H2,1H3,(H,7,8). The summed E-state index contributed by atoms with van der Waals surface area (Å²) >= 11 is 0. The summed E-state index contributed by atoms with van der Waals surface area (Å²) in [4.78, 5) is 20.2. The summed E-state index contributed by atoms with van der Waals surface area (Å²) in [5.74, 6) is -2.80. The van der Waals surface area contributed by atoms with E-state index in [0.717, 1.165) is 0 Å². The van der Waals surface area contributed by atoms with Crippen LogP contribution < -0.4 is 0 Å². The van der Waals surface area contributed by atoms with Gasteiger partial charge in [-0.05, 0) is 6.92 Å². The van der Waals surface area contributed by atoms with Gasteiger partial charge >= 0.3 is 11.9 Å². The zero-order valence-corrected chi connectivity index (χ0v) is 5.94. The first-order valence-corrected chi connectivity index (χ1v) is 3.16. The van der Waals surface area contributed by atoms with Crippen LogP contribution in [0.5, 0.6) is 0 Å². The van der Waals surface area contributed by atoms with E-state index in [2.05, 4.69) is 4.74 Å². The van der Waals surface area contributed by atoms with Gasteiger partial charge in [-0.15, -0.1) is 0 Å². The van der Waals surface area contributed by atoms with Crippen molar-refractivity contribution in [2.24, 2.45) is 0 Å². The van der Waals surface area contributed by atoms with Crippen LogP contribution in [-0.4, -0.2) is 35.9 Å². The average Bonchev–Trinajstić information content (AvgIpc) is 2.61. The maximum Gasteiger partial charge on any atom is 0.417 e. The molecule has 1 saturated heterocycles. The van der Waals surface area contributed by atoms with Crippen molar-refractivity contribution in [3.05, 3.63) is 0 Å². The van der Waals surface area contributed by atoms with Crippen LogP contribution in [0.2, 0.25) is 0 Å². The minimum absolute atomic E-state index is 0.0340. The van der Waals surface area contributed by atoms with E-state index >= 15 is 0 Å². The molecular formula is C6H8O5. The zero-order chi connectivity index (χ0) is 8.43. The minimum atomic E-state index is -1.57. The fourth-order valence-electron chi connectivity index (χ4n) is 0.625. The Morgan fingerprint density at radius 1 is 1.64 bits per heavy atom. The lowest BCUT2D eigenvalue weighted by Crippen LogP contribution is -2.19. The molecule has 1 rings (SSSR count). The van der Waals surface area contributed by atoms with E-state index < -0.39 is 11.9 Å². The zero-order valence-electron chi connectivity index (χ0n) is 5.94. The third-order valence-corrected chi connectivity index (χ3v) is 1.39. The van der Waals surface area contributed by atoms with Gasteiger partial charge in [0.15, 0.2) is 0 Å². The Morgan fingerprint density at radius 3 is 2.55 bits per heavy atom. The Morgan fingerprint density at radius 2 is 2.18 bits per heavy atom. The molecule has 1 aliphatic heterocycles. The van der Waals surface area contributed by atoms with Gasteiger partial charge in [-0.1, -0.05) is 0 Å². The molecule has 2 unspecified atom stereocenters. The van der Waals surface area contributed by atoms with Crippen molar-refractivity contribution in [2.45, 2.75) is 19.1 Å². The average molecular weight is 160 g/mol. The van der Waals surface area contributed by atoms with Crippen LogP contribution in [0.4, 0.5) is 0 Å². The predicted molar refractivity (Wildman–Crippen MR) is 32.9 cm³/mol. The van der Waals surface area contributed by atoms with Crippen LogP contribution in [0.15, 0.2) is 0 Å². The molecule has 1 aliphatic rings. The largest absolute Gasteiger partial charge is 0.473 e. The Labute approximate surface area is 62.9 Å². The number of hydrogen-bond donors (Lipinski definition) is 1. The number of rotatable bonds is 2. The molecular weight excluding hydrogens is 152 g/mol. The quantitative estimate of drug-likeness (QED) is 0.331.